The van der Waals surface area contributed by atoms with E-state index in [1.165, 1.54) is 110 Å². The molecule has 0 bridgehead atoms. The maximum Gasteiger partial charge on any atom is 0.306 e. The largest absolute Gasteiger partial charge is 0.756 e. The van der Waals surface area contributed by atoms with Crippen molar-refractivity contribution < 1.29 is 47.1 Å². The van der Waals surface area contributed by atoms with Crippen LogP contribution in [0.2, 0.25) is 0 Å². The third-order valence-corrected chi connectivity index (χ3v) is 9.79. The van der Waals surface area contributed by atoms with Crippen molar-refractivity contribution in [3.8, 4) is 0 Å². The van der Waals surface area contributed by atoms with Crippen molar-refractivity contribution in [1.29, 1.82) is 0 Å². The number of carbonyl (C=O) groups excluding carboxylic acids is 3. The van der Waals surface area contributed by atoms with Gasteiger partial charge in [-0.25, -0.2) is 0 Å². The maximum atomic E-state index is 12.6. The van der Waals surface area contributed by atoms with Crippen LogP contribution >= 0.6 is 7.82 Å². The number of phosphoric acid groups is 1. The SMILES string of the molecule is CCCCCCCCCCCCCCC(=O)OCC(COP(=O)([O-])OCCNC(=O)CCOC)OC(=O)CCCCCCCCCCCCCC. The molecule has 0 aromatic carbocycles. The van der Waals surface area contributed by atoms with Gasteiger partial charge in [0.05, 0.1) is 19.8 Å². The van der Waals surface area contributed by atoms with Crippen molar-refractivity contribution in [3.63, 3.8) is 0 Å². The standard InChI is InChI=1S/C39H76NO10P/c1-4-6-8-10-12-14-16-18-20-22-24-26-28-38(42)47-34-36(35-49-51(44,45)48-33-31-40-37(41)30-32-46-3)50-39(43)29-27-25-23-21-19-17-15-13-11-9-7-5-2/h36H,4-35H2,1-3H3,(H,40,41)(H,44,45)/p-1. The molecule has 0 saturated heterocycles. The van der Waals surface area contributed by atoms with Crippen molar-refractivity contribution in [2.75, 3.05) is 40.1 Å². The monoisotopic (exact) mass is 749 g/mol. The molecule has 0 rings (SSSR count). The van der Waals surface area contributed by atoms with Crippen LogP contribution in [-0.2, 0) is 42.2 Å². The summed E-state index contributed by atoms with van der Waals surface area (Å²) in [6, 6.07) is 0. The number of nitrogens with one attached hydrogen (secondary N) is 1. The van der Waals surface area contributed by atoms with Crippen LogP contribution < -0.4 is 10.2 Å². The third-order valence-electron chi connectivity index (χ3n) is 8.82. The van der Waals surface area contributed by atoms with E-state index in [1.54, 1.807) is 0 Å². The smallest absolute Gasteiger partial charge is 0.306 e. The lowest BCUT2D eigenvalue weighted by atomic mass is 10.0. The topological polar surface area (TPSA) is 150 Å². The van der Waals surface area contributed by atoms with E-state index in [9.17, 15) is 23.8 Å². The van der Waals surface area contributed by atoms with Crippen LogP contribution in [0.4, 0.5) is 0 Å². The molecule has 0 heterocycles. The van der Waals surface area contributed by atoms with E-state index in [-0.39, 0.29) is 51.5 Å². The minimum Gasteiger partial charge on any atom is -0.756 e. The lowest BCUT2D eigenvalue weighted by molar-refractivity contribution is -0.228. The van der Waals surface area contributed by atoms with Gasteiger partial charge in [0.1, 0.15) is 6.61 Å². The highest BCUT2D eigenvalue weighted by Crippen LogP contribution is 2.38. The molecule has 0 saturated carbocycles. The molecular weight excluding hydrogens is 673 g/mol. The number of hydrogen-bond donors (Lipinski definition) is 1. The van der Waals surface area contributed by atoms with Gasteiger partial charge in [-0.3, -0.25) is 18.9 Å². The Kier molecular flexibility index (Phi) is 35.7. The molecule has 302 valence electrons. The number of methoxy groups -OCH3 is 1. The highest BCUT2D eigenvalue weighted by molar-refractivity contribution is 7.45. The van der Waals surface area contributed by atoms with Gasteiger partial charge < -0.3 is 33.5 Å². The summed E-state index contributed by atoms with van der Waals surface area (Å²) in [5, 5.41) is 2.52. The molecule has 0 aliphatic carbocycles. The Balaban J connectivity index is 4.48. The van der Waals surface area contributed by atoms with Crippen LogP contribution in [0, 0.1) is 0 Å². The fourth-order valence-corrected chi connectivity index (χ4v) is 6.42. The molecule has 1 amide bonds. The van der Waals surface area contributed by atoms with Gasteiger partial charge in [-0.05, 0) is 12.8 Å². The number of amides is 1. The minimum atomic E-state index is -4.77. The van der Waals surface area contributed by atoms with Crippen molar-refractivity contribution >= 4 is 25.7 Å². The lowest BCUT2D eigenvalue weighted by Gasteiger charge is -2.25. The quantitative estimate of drug-likeness (QED) is 0.0366. The highest BCUT2D eigenvalue weighted by atomic mass is 31.2. The first kappa shape index (κ1) is 49.5. The van der Waals surface area contributed by atoms with Crippen LogP contribution in [0.15, 0.2) is 0 Å². The van der Waals surface area contributed by atoms with Gasteiger partial charge in [0.25, 0.3) is 7.82 Å². The van der Waals surface area contributed by atoms with Gasteiger partial charge in [0, 0.05) is 32.9 Å². The Labute approximate surface area is 311 Å². The molecule has 0 aliphatic rings. The predicted octanol–water partition coefficient (Wildman–Crippen LogP) is 9.28. The summed E-state index contributed by atoms with van der Waals surface area (Å²) in [6.45, 7) is 3.50. The van der Waals surface area contributed by atoms with E-state index in [1.807, 2.05) is 0 Å². The van der Waals surface area contributed by atoms with E-state index in [0.29, 0.717) is 12.8 Å². The van der Waals surface area contributed by atoms with E-state index in [2.05, 4.69) is 19.2 Å². The molecule has 0 fully saturated rings. The lowest BCUT2D eigenvalue weighted by Crippen LogP contribution is -2.31. The zero-order valence-corrected chi connectivity index (χ0v) is 33.6. The molecule has 2 unspecified atom stereocenters. The van der Waals surface area contributed by atoms with Gasteiger partial charge in [-0.15, -0.1) is 0 Å². The highest BCUT2D eigenvalue weighted by Gasteiger charge is 2.21. The minimum absolute atomic E-state index is 0.0354. The second-order valence-corrected chi connectivity index (χ2v) is 15.2. The van der Waals surface area contributed by atoms with Crippen molar-refractivity contribution in [2.24, 2.45) is 0 Å². The second kappa shape index (κ2) is 36.8. The fraction of sp³-hybridized carbons (Fsp3) is 0.923. The molecule has 12 heteroatoms. The zero-order chi connectivity index (χ0) is 37.7. The Morgan fingerprint density at radius 1 is 0.569 bits per heavy atom. The molecule has 11 nitrogen and oxygen atoms in total. The van der Waals surface area contributed by atoms with Gasteiger partial charge >= 0.3 is 11.9 Å². The number of phosphoric ester groups is 1. The summed E-state index contributed by atoms with van der Waals surface area (Å²) in [4.78, 5) is 49.0. The summed E-state index contributed by atoms with van der Waals surface area (Å²) < 4.78 is 37.8. The average Bonchev–Trinajstić information content (AvgIpc) is 3.11. The van der Waals surface area contributed by atoms with Crippen LogP contribution in [0.1, 0.15) is 187 Å². The fourth-order valence-electron chi connectivity index (χ4n) is 5.68. The number of ether oxygens (including phenoxy) is 3. The van der Waals surface area contributed by atoms with Crippen LogP contribution in [0.3, 0.4) is 0 Å². The Bertz CT molecular complexity index is 875. The Morgan fingerprint density at radius 3 is 1.45 bits per heavy atom. The maximum absolute atomic E-state index is 12.6. The summed E-state index contributed by atoms with van der Waals surface area (Å²) in [5.74, 6) is -1.21. The molecule has 2 atom stereocenters. The summed E-state index contributed by atoms with van der Waals surface area (Å²) in [7, 11) is -3.29. The van der Waals surface area contributed by atoms with Crippen LogP contribution in [0.5, 0.6) is 0 Å². The van der Waals surface area contributed by atoms with E-state index < -0.39 is 32.5 Å². The first-order chi connectivity index (χ1) is 24.7. The first-order valence-corrected chi connectivity index (χ1v) is 21.9. The Hall–Kier alpha value is -1.52. The normalized spacial score (nSPS) is 13.1. The number of rotatable bonds is 39. The number of carbonyl (C=O) groups is 3. The molecule has 0 aromatic rings. The first-order valence-electron chi connectivity index (χ1n) is 20.4. The third kappa shape index (κ3) is 36.6. The average molecular weight is 749 g/mol. The van der Waals surface area contributed by atoms with E-state index >= 15 is 0 Å². The Morgan fingerprint density at radius 2 is 1.00 bits per heavy atom. The molecule has 0 spiro atoms. The van der Waals surface area contributed by atoms with Gasteiger partial charge in [-0.1, -0.05) is 155 Å². The molecule has 0 aromatic heterocycles. The summed E-state index contributed by atoms with van der Waals surface area (Å²) in [6.07, 6.45) is 27.9. The molecule has 1 N–H and O–H groups in total. The number of unbranched alkanes of at least 4 members (excludes halogenated alkanes) is 22. The second-order valence-electron chi connectivity index (χ2n) is 13.7. The molecule has 51 heavy (non-hydrogen) atoms. The van der Waals surface area contributed by atoms with Crippen molar-refractivity contribution in [1.82, 2.24) is 5.32 Å². The number of hydrogen-bond acceptors (Lipinski definition) is 10. The predicted molar refractivity (Wildman–Crippen MR) is 201 cm³/mol. The number of esters is 2. The summed E-state index contributed by atoms with van der Waals surface area (Å²) >= 11 is 0. The molecule has 0 aliphatic heterocycles. The van der Waals surface area contributed by atoms with Gasteiger partial charge in [0.2, 0.25) is 5.91 Å². The van der Waals surface area contributed by atoms with Crippen LogP contribution in [0.25, 0.3) is 0 Å². The molecular formula is C39H75NO10P-. The zero-order valence-electron chi connectivity index (χ0n) is 32.7. The van der Waals surface area contributed by atoms with Gasteiger partial charge in [0.15, 0.2) is 6.10 Å². The van der Waals surface area contributed by atoms with Crippen molar-refractivity contribution in [3.05, 3.63) is 0 Å². The van der Waals surface area contributed by atoms with E-state index in [0.717, 1.165) is 38.5 Å². The van der Waals surface area contributed by atoms with E-state index in [4.69, 9.17) is 23.3 Å². The summed E-state index contributed by atoms with van der Waals surface area (Å²) in [5.41, 5.74) is 0. The van der Waals surface area contributed by atoms with Gasteiger partial charge in [-0.2, -0.15) is 0 Å². The van der Waals surface area contributed by atoms with Crippen LogP contribution in [-0.4, -0.2) is 64.0 Å². The molecule has 0 radical (unpaired) electrons. The van der Waals surface area contributed by atoms with Crippen molar-refractivity contribution in [2.45, 2.75) is 193 Å².